The second-order valence-electron chi connectivity index (χ2n) is 2.22. The highest BCUT2D eigenvalue weighted by Crippen LogP contribution is 2.24. The molecule has 0 aliphatic heterocycles. The molecule has 0 aliphatic carbocycles. The molecule has 1 aromatic rings. The van der Waals surface area contributed by atoms with Crippen LogP contribution in [0, 0.1) is 0 Å². The van der Waals surface area contributed by atoms with E-state index in [4.69, 9.17) is 23.2 Å². The first-order valence-electron chi connectivity index (χ1n) is 3.20. The Morgan fingerprint density at radius 2 is 1.83 bits per heavy atom. The van der Waals surface area contributed by atoms with Crippen LogP contribution in [0.1, 0.15) is 10.9 Å². The van der Waals surface area contributed by atoms with Gasteiger partial charge in [-0.2, -0.15) is 0 Å². The number of carbonyl (C=O) groups excluding carboxylic acids is 1. The highest BCUT2D eigenvalue weighted by molar-refractivity contribution is 9.10. The van der Waals surface area contributed by atoms with Crippen LogP contribution >= 0.6 is 39.1 Å². The number of hydrogen-bond acceptors (Lipinski definition) is 1. The van der Waals surface area contributed by atoms with Crippen LogP contribution in [0.2, 0.25) is 0 Å². The van der Waals surface area contributed by atoms with Gasteiger partial charge in [0.05, 0.1) is 0 Å². The van der Waals surface area contributed by atoms with Gasteiger partial charge in [-0.05, 0) is 29.3 Å². The first-order chi connectivity index (χ1) is 5.61. The summed E-state index contributed by atoms with van der Waals surface area (Å²) in [6.07, 6.45) is 0. The summed E-state index contributed by atoms with van der Waals surface area (Å²) in [5.41, 5.74) is 0.708. The molecule has 64 valence electrons. The first kappa shape index (κ1) is 10.0. The SMILES string of the molecule is O=C(Cl)C(Cl)c1ccc(Br)cc1. The lowest BCUT2D eigenvalue weighted by atomic mass is 10.2. The number of halogens is 3. The molecule has 1 aromatic carbocycles. The van der Waals surface area contributed by atoms with E-state index >= 15 is 0 Å². The summed E-state index contributed by atoms with van der Waals surface area (Å²) in [6, 6.07) is 7.12. The van der Waals surface area contributed by atoms with Crippen LogP contribution in [0.25, 0.3) is 0 Å². The Balaban J connectivity index is 2.89. The van der Waals surface area contributed by atoms with E-state index in [1.165, 1.54) is 0 Å². The maximum absolute atomic E-state index is 10.7. The molecule has 4 heteroatoms. The fourth-order valence-corrected chi connectivity index (χ4v) is 1.30. The van der Waals surface area contributed by atoms with Crippen molar-refractivity contribution in [2.75, 3.05) is 0 Å². The summed E-state index contributed by atoms with van der Waals surface area (Å²) in [4.78, 5) is 10.7. The fraction of sp³-hybridized carbons (Fsp3) is 0.125. The second-order valence-corrected chi connectivity index (χ2v) is 3.94. The van der Waals surface area contributed by atoms with Crippen molar-refractivity contribution in [1.82, 2.24) is 0 Å². The molecule has 0 aliphatic rings. The maximum atomic E-state index is 10.7. The highest BCUT2D eigenvalue weighted by Gasteiger charge is 2.14. The molecule has 0 heterocycles. The van der Waals surface area contributed by atoms with Crippen LogP contribution in [0.15, 0.2) is 28.7 Å². The largest absolute Gasteiger partial charge is 0.279 e. The Kier molecular flexibility index (Phi) is 3.56. The third-order valence-corrected chi connectivity index (χ3v) is 2.67. The number of benzene rings is 1. The molecule has 0 radical (unpaired) electrons. The summed E-state index contributed by atoms with van der Waals surface area (Å²) < 4.78 is 0.942. The van der Waals surface area contributed by atoms with E-state index in [9.17, 15) is 4.79 Å². The molecule has 0 saturated heterocycles. The Labute approximate surface area is 88.8 Å². The van der Waals surface area contributed by atoms with Gasteiger partial charge in [-0.1, -0.05) is 28.1 Å². The minimum atomic E-state index is -0.750. The van der Waals surface area contributed by atoms with Crippen molar-refractivity contribution in [1.29, 1.82) is 0 Å². The zero-order chi connectivity index (χ0) is 9.14. The van der Waals surface area contributed by atoms with E-state index in [-0.39, 0.29) is 0 Å². The quantitative estimate of drug-likeness (QED) is 0.592. The fourth-order valence-electron chi connectivity index (χ4n) is 0.763. The van der Waals surface area contributed by atoms with Crippen molar-refractivity contribution in [3.05, 3.63) is 34.3 Å². The molecule has 1 rings (SSSR count). The van der Waals surface area contributed by atoms with Crippen LogP contribution < -0.4 is 0 Å². The average molecular weight is 268 g/mol. The molecule has 0 aromatic heterocycles. The zero-order valence-corrected chi connectivity index (χ0v) is 9.03. The molecule has 0 fully saturated rings. The van der Waals surface area contributed by atoms with Crippen molar-refractivity contribution in [2.24, 2.45) is 0 Å². The second kappa shape index (κ2) is 4.26. The van der Waals surface area contributed by atoms with E-state index < -0.39 is 10.6 Å². The molecule has 12 heavy (non-hydrogen) atoms. The minimum absolute atomic E-state index is 0.556. The Morgan fingerprint density at radius 3 is 2.25 bits per heavy atom. The third kappa shape index (κ3) is 2.47. The topological polar surface area (TPSA) is 17.1 Å². The Morgan fingerprint density at radius 1 is 1.33 bits per heavy atom. The smallest absolute Gasteiger partial charge is 0.244 e. The normalized spacial score (nSPS) is 12.6. The maximum Gasteiger partial charge on any atom is 0.244 e. The summed E-state index contributed by atoms with van der Waals surface area (Å²) in [7, 11) is 0. The minimum Gasteiger partial charge on any atom is -0.279 e. The van der Waals surface area contributed by atoms with Crippen LogP contribution in [0.5, 0.6) is 0 Å². The standard InChI is InChI=1S/C8H5BrCl2O/c9-6-3-1-5(2-4-6)7(10)8(11)12/h1-4,7H. The molecule has 0 amide bonds. The predicted molar refractivity (Wildman–Crippen MR) is 53.6 cm³/mol. The van der Waals surface area contributed by atoms with Crippen LogP contribution in [0.3, 0.4) is 0 Å². The van der Waals surface area contributed by atoms with Crippen molar-refractivity contribution in [2.45, 2.75) is 5.38 Å². The summed E-state index contributed by atoms with van der Waals surface area (Å²) in [6.45, 7) is 0. The first-order valence-corrected chi connectivity index (χ1v) is 4.81. The van der Waals surface area contributed by atoms with Crippen LogP contribution in [-0.2, 0) is 4.79 Å². The molecule has 0 bridgehead atoms. The number of alkyl halides is 1. The molecule has 0 saturated carbocycles. The summed E-state index contributed by atoms with van der Waals surface area (Å²) in [5, 5.41) is -1.31. The van der Waals surface area contributed by atoms with E-state index in [0.717, 1.165) is 4.47 Å². The molecule has 1 unspecified atom stereocenters. The van der Waals surface area contributed by atoms with E-state index in [1.807, 2.05) is 12.1 Å². The molecule has 0 spiro atoms. The predicted octanol–water partition coefficient (Wildman–Crippen LogP) is 3.49. The molecular formula is C8H5BrCl2O. The van der Waals surface area contributed by atoms with E-state index in [0.29, 0.717) is 5.56 Å². The van der Waals surface area contributed by atoms with Crippen molar-refractivity contribution in [3.8, 4) is 0 Å². The molecule has 0 N–H and O–H groups in total. The van der Waals surface area contributed by atoms with Crippen molar-refractivity contribution >= 4 is 44.4 Å². The average Bonchev–Trinajstić information content (AvgIpc) is 2.04. The van der Waals surface area contributed by atoms with Gasteiger partial charge in [0.2, 0.25) is 5.24 Å². The van der Waals surface area contributed by atoms with Crippen molar-refractivity contribution in [3.63, 3.8) is 0 Å². The van der Waals surface area contributed by atoms with Crippen LogP contribution in [0.4, 0.5) is 0 Å². The van der Waals surface area contributed by atoms with Crippen LogP contribution in [-0.4, -0.2) is 5.24 Å². The van der Waals surface area contributed by atoms with Gasteiger partial charge in [-0.3, -0.25) is 4.79 Å². The van der Waals surface area contributed by atoms with Gasteiger partial charge in [0, 0.05) is 4.47 Å². The Hall–Kier alpha value is -0.0500. The van der Waals surface area contributed by atoms with Gasteiger partial charge in [0.15, 0.2) is 0 Å². The van der Waals surface area contributed by atoms with E-state index in [1.54, 1.807) is 12.1 Å². The Bertz CT molecular complexity index is 284. The lowest BCUT2D eigenvalue weighted by molar-refractivity contribution is -0.111. The molecule has 1 nitrogen and oxygen atoms in total. The highest BCUT2D eigenvalue weighted by atomic mass is 79.9. The van der Waals surface area contributed by atoms with Gasteiger partial charge >= 0.3 is 0 Å². The zero-order valence-electron chi connectivity index (χ0n) is 5.93. The summed E-state index contributed by atoms with van der Waals surface area (Å²) in [5.74, 6) is 0. The lowest BCUT2D eigenvalue weighted by Crippen LogP contribution is -1.97. The van der Waals surface area contributed by atoms with Gasteiger partial charge in [-0.25, -0.2) is 0 Å². The summed E-state index contributed by atoms with van der Waals surface area (Å²) >= 11 is 14.2. The van der Waals surface area contributed by atoms with Gasteiger partial charge in [-0.15, -0.1) is 11.6 Å². The van der Waals surface area contributed by atoms with Gasteiger partial charge < -0.3 is 0 Å². The number of hydrogen-bond donors (Lipinski definition) is 0. The number of rotatable bonds is 2. The lowest BCUT2D eigenvalue weighted by Gasteiger charge is -2.03. The monoisotopic (exact) mass is 266 g/mol. The third-order valence-electron chi connectivity index (χ3n) is 1.36. The number of carbonyl (C=O) groups is 1. The molecular weight excluding hydrogens is 263 g/mol. The van der Waals surface area contributed by atoms with Crippen molar-refractivity contribution < 1.29 is 4.79 Å². The molecule has 1 atom stereocenters. The van der Waals surface area contributed by atoms with E-state index in [2.05, 4.69) is 15.9 Å². The van der Waals surface area contributed by atoms with Gasteiger partial charge in [0.25, 0.3) is 0 Å². The van der Waals surface area contributed by atoms with Gasteiger partial charge in [0.1, 0.15) is 5.38 Å².